The number of methoxy groups -OCH3 is 1. The highest BCUT2D eigenvalue weighted by molar-refractivity contribution is 8.16. The van der Waals surface area contributed by atoms with Crippen molar-refractivity contribution in [3.05, 3.63) is 0 Å². The molecule has 4 aliphatic rings. The van der Waals surface area contributed by atoms with Gasteiger partial charge in [-0.2, -0.15) is 0 Å². The monoisotopic (exact) mass is 308 g/mol. The van der Waals surface area contributed by atoms with Gasteiger partial charge in [-0.15, -0.1) is 0 Å². The fraction of sp³-hybridized carbons (Fsp3) is 0.875. The van der Waals surface area contributed by atoms with Crippen LogP contribution in [0.5, 0.6) is 0 Å². The third kappa shape index (κ3) is 2.42. The molecule has 1 N–H and O–H groups in total. The lowest BCUT2D eigenvalue weighted by Crippen LogP contribution is -2.42. The number of hydrogen-bond acceptors (Lipinski definition) is 4. The number of carbonyl (C=O) groups excluding carboxylic acids is 1. The summed E-state index contributed by atoms with van der Waals surface area (Å²) in [4.78, 5) is 17.4. The molecule has 0 aromatic carbocycles. The number of carbonyl (C=O) groups is 1. The Bertz CT molecular complexity index is 481. The Morgan fingerprint density at radius 1 is 1.33 bits per heavy atom. The molecule has 5 atom stereocenters. The lowest BCUT2D eigenvalue weighted by atomic mass is 9.85. The molecule has 4 rings (SSSR count). The summed E-state index contributed by atoms with van der Waals surface area (Å²) in [6.07, 6.45) is 9.47. The molecule has 4 nitrogen and oxygen atoms in total. The minimum absolute atomic E-state index is 0.163. The van der Waals surface area contributed by atoms with Crippen LogP contribution in [-0.4, -0.2) is 35.1 Å². The molecule has 1 spiro atoms. The lowest BCUT2D eigenvalue weighted by Gasteiger charge is -2.33. The average molecular weight is 308 g/mol. The van der Waals surface area contributed by atoms with Gasteiger partial charge in [0.25, 0.3) is 0 Å². The number of nitrogens with one attached hydrogen (secondary N) is 1. The number of rotatable bonds is 2. The van der Waals surface area contributed by atoms with E-state index in [9.17, 15) is 4.79 Å². The molecule has 1 heterocycles. The molecule has 3 saturated carbocycles. The average Bonchev–Trinajstić information content (AvgIpc) is 3.16. The molecule has 1 aliphatic heterocycles. The number of ether oxygens (including phenoxy) is 1. The minimum Gasteiger partial charge on any atom is -0.381 e. The van der Waals surface area contributed by atoms with Gasteiger partial charge in [0.05, 0.1) is 12.1 Å². The molecule has 2 bridgehead atoms. The smallest absolute Gasteiger partial charge is 0.242 e. The lowest BCUT2D eigenvalue weighted by molar-refractivity contribution is -0.123. The number of hydrogen-bond donors (Lipinski definition) is 1. The van der Waals surface area contributed by atoms with E-state index in [0.29, 0.717) is 6.04 Å². The van der Waals surface area contributed by atoms with Crippen LogP contribution in [0.1, 0.15) is 51.4 Å². The second-order valence-electron chi connectivity index (χ2n) is 7.18. The fourth-order valence-electron chi connectivity index (χ4n) is 4.73. The van der Waals surface area contributed by atoms with Gasteiger partial charge in [0.1, 0.15) is 4.75 Å². The summed E-state index contributed by atoms with van der Waals surface area (Å²) in [5.41, 5.74) is 0. The number of nitrogens with zero attached hydrogens (tertiary/aromatic N) is 1. The number of amidine groups is 1. The van der Waals surface area contributed by atoms with Crippen molar-refractivity contribution in [1.29, 1.82) is 0 Å². The van der Waals surface area contributed by atoms with E-state index in [1.807, 2.05) is 0 Å². The van der Waals surface area contributed by atoms with Crippen molar-refractivity contribution in [2.45, 2.75) is 68.3 Å². The van der Waals surface area contributed by atoms with Crippen LogP contribution >= 0.6 is 11.8 Å². The van der Waals surface area contributed by atoms with Gasteiger partial charge in [0, 0.05) is 7.11 Å². The summed E-state index contributed by atoms with van der Waals surface area (Å²) in [6.45, 7) is 0. The molecule has 2 unspecified atom stereocenters. The van der Waals surface area contributed by atoms with Crippen LogP contribution in [-0.2, 0) is 9.53 Å². The van der Waals surface area contributed by atoms with Crippen molar-refractivity contribution in [2.75, 3.05) is 7.11 Å². The Morgan fingerprint density at radius 3 is 2.95 bits per heavy atom. The van der Waals surface area contributed by atoms with Gasteiger partial charge in [0.2, 0.25) is 5.91 Å². The summed E-state index contributed by atoms with van der Waals surface area (Å²) in [7, 11) is 1.76. The van der Waals surface area contributed by atoms with E-state index < -0.39 is 0 Å². The van der Waals surface area contributed by atoms with Gasteiger partial charge in [-0.1, -0.05) is 18.2 Å². The van der Waals surface area contributed by atoms with Crippen molar-refractivity contribution in [1.82, 2.24) is 5.32 Å². The summed E-state index contributed by atoms with van der Waals surface area (Å²) in [6, 6.07) is 0.462. The second-order valence-corrected chi connectivity index (χ2v) is 8.55. The first kappa shape index (κ1) is 14.1. The highest BCUT2D eigenvalue weighted by atomic mass is 32.2. The topological polar surface area (TPSA) is 50.7 Å². The Balaban J connectivity index is 1.49. The number of amides is 1. The predicted octanol–water partition coefficient (Wildman–Crippen LogP) is 2.72. The van der Waals surface area contributed by atoms with Gasteiger partial charge < -0.3 is 10.1 Å². The van der Waals surface area contributed by atoms with Gasteiger partial charge in [-0.25, -0.2) is 0 Å². The van der Waals surface area contributed by atoms with E-state index in [4.69, 9.17) is 9.73 Å². The van der Waals surface area contributed by atoms with E-state index in [1.54, 1.807) is 18.9 Å². The molecule has 1 saturated heterocycles. The first-order valence-electron chi connectivity index (χ1n) is 8.29. The van der Waals surface area contributed by atoms with Crippen molar-refractivity contribution in [3.63, 3.8) is 0 Å². The molecule has 3 aliphatic carbocycles. The van der Waals surface area contributed by atoms with E-state index in [0.717, 1.165) is 42.7 Å². The van der Waals surface area contributed by atoms with Crippen molar-refractivity contribution in [2.24, 2.45) is 16.8 Å². The molecule has 0 aromatic heterocycles. The molecule has 0 radical (unpaired) electrons. The van der Waals surface area contributed by atoms with E-state index in [2.05, 4.69) is 5.32 Å². The summed E-state index contributed by atoms with van der Waals surface area (Å²) < 4.78 is 5.19. The first-order valence-corrected chi connectivity index (χ1v) is 9.11. The molecule has 1 amide bonds. The molecular formula is C16H24N2O2S. The molecule has 5 heteroatoms. The zero-order valence-electron chi connectivity index (χ0n) is 12.6. The zero-order chi connectivity index (χ0) is 14.4. The Hall–Kier alpha value is -0.550. The van der Waals surface area contributed by atoms with E-state index >= 15 is 0 Å². The molecular weight excluding hydrogens is 284 g/mol. The molecule has 116 valence electrons. The van der Waals surface area contributed by atoms with Crippen LogP contribution < -0.4 is 5.32 Å². The molecule has 0 aromatic rings. The number of aliphatic imine (C=N–C) groups is 1. The predicted molar refractivity (Wildman–Crippen MR) is 84.4 cm³/mol. The third-order valence-corrected chi connectivity index (χ3v) is 7.26. The largest absolute Gasteiger partial charge is 0.381 e. The van der Waals surface area contributed by atoms with Gasteiger partial charge in [-0.3, -0.25) is 9.79 Å². The SMILES string of the molecule is COC1CCCC2(C1)SC(=N[C@@H]1C[C@H]3CC[C@@H]1C3)NC2=O. The number of fused-ring (bicyclic) bond motifs is 2. The normalized spacial score (nSPS) is 47.5. The van der Waals surface area contributed by atoms with Crippen LogP contribution in [0.2, 0.25) is 0 Å². The van der Waals surface area contributed by atoms with Gasteiger partial charge in [0.15, 0.2) is 5.17 Å². The molecule has 21 heavy (non-hydrogen) atoms. The molecule has 4 fully saturated rings. The van der Waals surface area contributed by atoms with Crippen molar-refractivity contribution in [3.8, 4) is 0 Å². The summed E-state index contributed by atoms with van der Waals surface area (Å²) in [5.74, 6) is 1.83. The Morgan fingerprint density at radius 2 is 2.24 bits per heavy atom. The maximum absolute atomic E-state index is 12.5. The summed E-state index contributed by atoms with van der Waals surface area (Å²) in [5, 5.41) is 3.95. The quantitative estimate of drug-likeness (QED) is 0.853. The maximum Gasteiger partial charge on any atom is 0.242 e. The van der Waals surface area contributed by atoms with Crippen LogP contribution in [0.3, 0.4) is 0 Å². The van der Waals surface area contributed by atoms with Crippen LogP contribution in [0.25, 0.3) is 0 Å². The fourth-order valence-corrected chi connectivity index (χ4v) is 6.10. The summed E-state index contributed by atoms with van der Waals surface area (Å²) >= 11 is 1.68. The van der Waals surface area contributed by atoms with E-state index in [1.165, 1.54) is 25.7 Å². The highest BCUT2D eigenvalue weighted by Gasteiger charge is 2.50. The van der Waals surface area contributed by atoms with Gasteiger partial charge >= 0.3 is 0 Å². The highest BCUT2D eigenvalue weighted by Crippen LogP contribution is 2.48. The maximum atomic E-state index is 12.5. The standard InChI is InChI=1S/C16H24N2O2S/c1-20-12-3-2-6-16(9-12)14(19)18-15(21-16)17-13-8-10-4-5-11(13)7-10/h10-13H,2-9H2,1H3,(H,17,18,19)/t10-,11+,12?,13+,16?/m0/s1. The first-order chi connectivity index (χ1) is 10.2. The van der Waals surface area contributed by atoms with Crippen LogP contribution in [0, 0.1) is 11.8 Å². The van der Waals surface area contributed by atoms with Gasteiger partial charge in [-0.05, 0) is 56.8 Å². The van der Waals surface area contributed by atoms with Crippen molar-refractivity contribution < 1.29 is 9.53 Å². The number of thioether (sulfide) groups is 1. The third-order valence-electron chi connectivity index (χ3n) is 5.91. The second kappa shape index (κ2) is 5.27. The zero-order valence-corrected chi connectivity index (χ0v) is 13.5. The van der Waals surface area contributed by atoms with Crippen LogP contribution in [0.15, 0.2) is 4.99 Å². The minimum atomic E-state index is -0.310. The van der Waals surface area contributed by atoms with Crippen molar-refractivity contribution >= 4 is 22.8 Å². The van der Waals surface area contributed by atoms with E-state index in [-0.39, 0.29) is 16.8 Å². The Labute approximate surface area is 130 Å². The van der Waals surface area contributed by atoms with Crippen LogP contribution in [0.4, 0.5) is 0 Å². The Kier molecular flexibility index (Phi) is 3.53.